The molecule has 3 aromatic rings. The summed E-state index contributed by atoms with van der Waals surface area (Å²) in [4.78, 5) is 33.2. The second-order valence-corrected chi connectivity index (χ2v) is 9.53. The summed E-state index contributed by atoms with van der Waals surface area (Å²) in [6.07, 6.45) is 3.70. The molecule has 0 N–H and O–H groups in total. The van der Waals surface area contributed by atoms with Crippen LogP contribution in [-0.4, -0.2) is 60.2 Å². The number of rotatable bonds is 6. The molecule has 4 rings (SSSR count). The minimum absolute atomic E-state index is 0.197. The zero-order valence-corrected chi connectivity index (χ0v) is 23.6. The maximum Gasteiger partial charge on any atom is 0.328 e. The van der Waals surface area contributed by atoms with Crippen molar-refractivity contribution in [3.8, 4) is 22.6 Å². The largest absolute Gasteiger partial charge is 0.495 e. The van der Waals surface area contributed by atoms with Gasteiger partial charge in [-0.3, -0.25) is 4.79 Å². The van der Waals surface area contributed by atoms with Crippen LogP contribution in [0.4, 0.5) is 0 Å². The van der Waals surface area contributed by atoms with E-state index in [0.717, 1.165) is 22.3 Å². The number of carbonyl (C=O) groups excluding carboxylic acids is 2. The first-order chi connectivity index (χ1) is 18.1. The molecule has 2 atom stereocenters. The third kappa shape index (κ3) is 6.37. The minimum atomic E-state index is -0.426. The molecular formula is C28H31Cl2N3O5. The zero-order chi connectivity index (χ0) is 28.0. The number of amides is 1. The Kier molecular flexibility index (Phi) is 9.94. The molecule has 202 valence electrons. The number of methoxy groups -OCH3 is 2. The lowest BCUT2D eigenvalue weighted by Crippen LogP contribution is -2.40. The predicted octanol–water partition coefficient (Wildman–Crippen LogP) is 5.90. The molecule has 1 amide bonds. The van der Waals surface area contributed by atoms with Gasteiger partial charge in [0.05, 0.1) is 36.4 Å². The van der Waals surface area contributed by atoms with Gasteiger partial charge in [-0.1, -0.05) is 42.8 Å². The highest BCUT2D eigenvalue weighted by Gasteiger charge is 2.37. The van der Waals surface area contributed by atoms with E-state index in [1.807, 2.05) is 32.0 Å². The summed E-state index contributed by atoms with van der Waals surface area (Å²) < 4.78 is 15.6. The van der Waals surface area contributed by atoms with Crippen LogP contribution < -0.4 is 9.47 Å². The van der Waals surface area contributed by atoms with Crippen LogP contribution >= 0.6 is 23.2 Å². The molecule has 1 aliphatic rings. The average Bonchev–Trinajstić information content (AvgIpc) is 3.31. The lowest BCUT2D eigenvalue weighted by atomic mass is 10.0. The Morgan fingerprint density at radius 3 is 2.39 bits per heavy atom. The number of hydrogen-bond acceptors (Lipinski definition) is 7. The van der Waals surface area contributed by atoms with Gasteiger partial charge in [0.25, 0.3) is 0 Å². The number of carbonyl (C=O) groups is 2. The Morgan fingerprint density at radius 1 is 1.16 bits per heavy atom. The van der Waals surface area contributed by atoms with Crippen molar-refractivity contribution in [3.63, 3.8) is 0 Å². The highest BCUT2D eigenvalue weighted by atomic mass is 35.5. The third-order valence-electron chi connectivity index (χ3n) is 6.09. The van der Waals surface area contributed by atoms with Crippen molar-refractivity contribution in [3.05, 3.63) is 59.0 Å². The topological polar surface area (TPSA) is 90.9 Å². The molecule has 38 heavy (non-hydrogen) atoms. The second-order valence-electron chi connectivity index (χ2n) is 8.78. The Hall–Kier alpha value is -3.36. The second kappa shape index (κ2) is 12.9. The first-order valence-electron chi connectivity index (χ1n) is 12.1. The van der Waals surface area contributed by atoms with Gasteiger partial charge in [-0.25, -0.2) is 14.8 Å². The molecule has 0 spiro atoms. The predicted molar refractivity (Wildman–Crippen MR) is 149 cm³/mol. The molecule has 1 unspecified atom stereocenters. The zero-order valence-electron chi connectivity index (χ0n) is 22.1. The van der Waals surface area contributed by atoms with E-state index in [4.69, 9.17) is 37.4 Å². The number of aryl methyl sites for hydroxylation is 1. The van der Waals surface area contributed by atoms with Crippen molar-refractivity contribution in [2.45, 2.75) is 33.2 Å². The van der Waals surface area contributed by atoms with E-state index in [2.05, 4.69) is 16.5 Å². The maximum absolute atomic E-state index is 11.6. The minimum Gasteiger partial charge on any atom is -0.495 e. The van der Waals surface area contributed by atoms with Crippen molar-refractivity contribution in [1.29, 1.82) is 0 Å². The molecule has 0 aliphatic carbocycles. The van der Waals surface area contributed by atoms with Gasteiger partial charge in [0.15, 0.2) is 0 Å². The number of likely N-dealkylation sites (tertiary alicyclic amines) is 1. The monoisotopic (exact) mass is 559 g/mol. The number of benzene rings is 2. The summed E-state index contributed by atoms with van der Waals surface area (Å²) in [6, 6.07) is 7.02. The van der Waals surface area contributed by atoms with Crippen molar-refractivity contribution in [2.24, 2.45) is 5.92 Å². The molecule has 0 radical (unpaired) electrons. The SMILES string of the molecule is C=CC(=O)N1C[C@@H](C)CC1C(=O)OCC.COc1cc(OC)c(Cl)c(-c2ccc3nc(C)ncc3c2)c1Cl. The molecule has 2 heterocycles. The molecule has 8 nitrogen and oxygen atoms in total. The van der Waals surface area contributed by atoms with Crippen molar-refractivity contribution >= 4 is 46.0 Å². The number of aromatic nitrogens is 2. The molecule has 1 saturated heterocycles. The molecular weight excluding hydrogens is 529 g/mol. The summed E-state index contributed by atoms with van der Waals surface area (Å²) >= 11 is 12.9. The van der Waals surface area contributed by atoms with E-state index in [-0.39, 0.29) is 11.9 Å². The first kappa shape index (κ1) is 29.2. The normalized spacial score (nSPS) is 16.4. The summed E-state index contributed by atoms with van der Waals surface area (Å²) in [5, 5.41) is 1.78. The Bertz CT molecular complexity index is 1320. The van der Waals surface area contributed by atoms with Crippen LogP contribution in [0.1, 0.15) is 26.1 Å². The van der Waals surface area contributed by atoms with Gasteiger partial charge in [0.2, 0.25) is 5.91 Å². The highest BCUT2D eigenvalue weighted by Crippen LogP contribution is 2.46. The molecule has 1 aliphatic heterocycles. The molecule has 0 saturated carbocycles. The fraction of sp³-hybridized carbons (Fsp3) is 0.357. The fourth-order valence-electron chi connectivity index (χ4n) is 4.29. The summed E-state index contributed by atoms with van der Waals surface area (Å²) in [5.74, 6) is 1.56. The molecule has 10 heteroatoms. The van der Waals surface area contributed by atoms with Crippen LogP contribution in [0.3, 0.4) is 0 Å². The van der Waals surface area contributed by atoms with E-state index < -0.39 is 6.04 Å². The fourth-order valence-corrected chi connectivity index (χ4v) is 5.01. The van der Waals surface area contributed by atoms with Crippen molar-refractivity contribution in [1.82, 2.24) is 14.9 Å². The summed E-state index contributed by atoms with van der Waals surface area (Å²) in [7, 11) is 3.10. The van der Waals surface area contributed by atoms with Gasteiger partial charge in [-0.2, -0.15) is 0 Å². The van der Waals surface area contributed by atoms with Crippen LogP contribution in [-0.2, 0) is 14.3 Å². The van der Waals surface area contributed by atoms with Crippen molar-refractivity contribution in [2.75, 3.05) is 27.4 Å². The number of esters is 1. The number of nitrogens with zero attached hydrogens (tertiary/aromatic N) is 3. The standard InChI is InChI=1S/C17H14Cl2N2O2.C11H17NO3/c1-9-20-8-11-6-10(4-5-12(11)21-9)15-16(18)13(22-2)7-14(23-3)17(15)19;1-4-10(13)12-7-8(3)6-9(12)11(14)15-5-2/h4-8H,1-3H3;4,8-9H,1,5-7H2,2-3H3/t;8-,9?/m.0/s1. The van der Waals surface area contributed by atoms with Gasteiger partial charge in [-0.05, 0) is 50.0 Å². The number of hydrogen-bond donors (Lipinski definition) is 0. The number of ether oxygens (including phenoxy) is 3. The Balaban J connectivity index is 0.000000232. The van der Waals surface area contributed by atoms with E-state index in [9.17, 15) is 9.59 Å². The molecule has 1 fully saturated rings. The Morgan fingerprint density at radius 2 is 1.82 bits per heavy atom. The van der Waals surface area contributed by atoms with Gasteiger partial charge in [-0.15, -0.1) is 0 Å². The van der Waals surface area contributed by atoms with Gasteiger partial charge >= 0.3 is 5.97 Å². The van der Waals surface area contributed by atoms with Crippen LogP contribution in [0, 0.1) is 12.8 Å². The maximum atomic E-state index is 11.6. The quantitative estimate of drug-likeness (QED) is 0.274. The van der Waals surface area contributed by atoms with E-state index in [1.54, 1.807) is 33.4 Å². The van der Waals surface area contributed by atoms with Gasteiger partial charge in [0.1, 0.15) is 23.4 Å². The highest BCUT2D eigenvalue weighted by molar-refractivity contribution is 6.41. The summed E-state index contributed by atoms with van der Waals surface area (Å²) in [6.45, 7) is 10.0. The van der Waals surface area contributed by atoms with Crippen LogP contribution in [0.15, 0.2) is 43.1 Å². The average molecular weight is 560 g/mol. The van der Waals surface area contributed by atoms with Crippen LogP contribution in [0.25, 0.3) is 22.0 Å². The Labute approximate surface area is 232 Å². The van der Waals surface area contributed by atoms with E-state index in [1.165, 1.54) is 11.0 Å². The van der Waals surface area contributed by atoms with Gasteiger partial charge in [0, 0.05) is 29.8 Å². The third-order valence-corrected chi connectivity index (χ3v) is 6.84. The van der Waals surface area contributed by atoms with E-state index in [0.29, 0.717) is 52.6 Å². The smallest absolute Gasteiger partial charge is 0.328 e. The molecule has 0 bridgehead atoms. The number of halogens is 2. The van der Waals surface area contributed by atoms with Crippen LogP contribution in [0.5, 0.6) is 11.5 Å². The first-order valence-corrected chi connectivity index (χ1v) is 12.8. The summed E-state index contributed by atoms with van der Waals surface area (Å²) in [5.41, 5.74) is 2.37. The molecule has 2 aromatic carbocycles. The lowest BCUT2D eigenvalue weighted by Gasteiger charge is -2.21. The van der Waals surface area contributed by atoms with Crippen LogP contribution in [0.2, 0.25) is 10.0 Å². The van der Waals surface area contributed by atoms with Crippen molar-refractivity contribution < 1.29 is 23.8 Å². The lowest BCUT2D eigenvalue weighted by molar-refractivity contribution is -0.151. The molecule has 1 aromatic heterocycles. The van der Waals surface area contributed by atoms with Gasteiger partial charge < -0.3 is 19.1 Å². The number of fused-ring (bicyclic) bond motifs is 1. The van der Waals surface area contributed by atoms with E-state index >= 15 is 0 Å².